The number of aromatic amines is 1. The third-order valence-electron chi connectivity index (χ3n) is 6.26. The van der Waals surface area contributed by atoms with Crippen molar-refractivity contribution in [3.63, 3.8) is 0 Å². The van der Waals surface area contributed by atoms with Crippen molar-refractivity contribution < 1.29 is 4.79 Å². The van der Waals surface area contributed by atoms with Gasteiger partial charge in [-0.25, -0.2) is 0 Å². The average molecular weight is 363 g/mol. The Morgan fingerprint density at radius 1 is 1.04 bits per heavy atom. The van der Waals surface area contributed by atoms with Crippen LogP contribution in [-0.2, 0) is 22.0 Å². The maximum Gasteiger partial charge on any atom is 0.160 e. The van der Waals surface area contributed by atoms with Crippen LogP contribution in [0.3, 0.4) is 0 Å². The molecular formula is C24H30N2O. The summed E-state index contributed by atoms with van der Waals surface area (Å²) in [6, 6.07) is 10.5. The highest BCUT2D eigenvalue weighted by atomic mass is 16.1. The first kappa shape index (κ1) is 18.2. The van der Waals surface area contributed by atoms with Crippen molar-refractivity contribution in [1.29, 1.82) is 0 Å². The lowest BCUT2D eigenvalue weighted by molar-refractivity contribution is -0.118. The number of hydrogen-bond acceptors (Lipinski definition) is 2. The number of ketones is 1. The summed E-state index contributed by atoms with van der Waals surface area (Å²) in [5, 5.41) is 8.08. The molecular weight excluding hydrogens is 332 g/mol. The summed E-state index contributed by atoms with van der Waals surface area (Å²) in [5.74, 6) is 0.305. The zero-order chi connectivity index (χ0) is 19.6. The van der Waals surface area contributed by atoms with Gasteiger partial charge in [0.2, 0.25) is 0 Å². The van der Waals surface area contributed by atoms with Gasteiger partial charge in [-0.15, -0.1) is 0 Å². The van der Waals surface area contributed by atoms with Gasteiger partial charge in [0, 0.05) is 40.5 Å². The van der Waals surface area contributed by atoms with Gasteiger partial charge in [0.25, 0.3) is 0 Å². The van der Waals surface area contributed by atoms with E-state index in [1.54, 1.807) is 0 Å². The normalized spacial score (nSPS) is 24.6. The molecule has 2 aliphatic rings. The van der Waals surface area contributed by atoms with Crippen molar-refractivity contribution in [2.75, 3.05) is 0 Å². The van der Waals surface area contributed by atoms with Crippen LogP contribution in [0.1, 0.15) is 76.9 Å². The number of benzene rings is 1. The molecule has 27 heavy (non-hydrogen) atoms. The average Bonchev–Trinajstić information content (AvgIpc) is 2.98. The minimum absolute atomic E-state index is 0.0257. The molecule has 0 saturated carbocycles. The van der Waals surface area contributed by atoms with Crippen LogP contribution in [0.15, 0.2) is 41.5 Å². The second-order valence-electron chi connectivity index (χ2n) is 10.3. The fraction of sp³-hybridized carbons (Fsp3) is 0.500. The molecule has 0 radical (unpaired) electrons. The number of carbonyl (C=O) groups excluding carboxylic acids is 1. The molecule has 1 unspecified atom stereocenters. The summed E-state index contributed by atoms with van der Waals surface area (Å²) in [5.41, 5.74) is 6.45. The molecule has 0 aliphatic heterocycles. The van der Waals surface area contributed by atoms with Crippen LogP contribution in [0.25, 0.3) is 0 Å². The second-order valence-corrected chi connectivity index (χ2v) is 10.3. The first-order valence-electron chi connectivity index (χ1n) is 9.93. The van der Waals surface area contributed by atoms with E-state index in [2.05, 4.69) is 70.9 Å². The molecule has 1 atom stereocenters. The summed E-state index contributed by atoms with van der Waals surface area (Å²) in [6.07, 6.45) is 2.40. The molecule has 3 nitrogen and oxygen atoms in total. The molecule has 0 saturated heterocycles. The molecule has 1 N–H and O–H groups in total. The highest BCUT2D eigenvalue weighted by Crippen LogP contribution is 2.53. The lowest BCUT2D eigenvalue weighted by Crippen LogP contribution is -2.42. The molecule has 4 rings (SSSR count). The molecule has 0 amide bonds. The van der Waals surface area contributed by atoms with Crippen molar-refractivity contribution in [1.82, 2.24) is 10.2 Å². The van der Waals surface area contributed by atoms with Gasteiger partial charge in [0.05, 0.1) is 5.69 Å². The molecule has 142 valence electrons. The van der Waals surface area contributed by atoms with E-state index in [0.29, 0.717) is 12.2 Å². The van der Waals surface area contributed by atoms with Crippen LogP contribution in [-0.4, -0.2) is 16.0 Å². The Bertz CT molecular complexity index is 941. The van der Waals surface area contributed by atoms with Crippen molar-refractivity contribution in [2.24, 2.45) is 5.41 Å². The summed E-state index contributed by atoms with van der Waals surface area (Å²) in [4.78, 5) is 13.4. The van der Waals surface area contributed by atoms with E-state index in [4.69, 9.17) is 5.10 Å². The fourth-order valence-electron chi connectivity index (χ4n) is 5.22. The Balaban J connectivity index is 2.05. The molecule has 2 aliphatic carbocycles. The van der Waals surface area contributed by atoms with Gasteiger partial charge in [-0.05, 0) is 24.3 Å². The zero-order valence-electron chi connectivity index (χ0n) is 17.4. The van der Waals surface area contributed by atoms with Crippen molar-refractivity contribution in [3.8, 4) is 0 Å². The van der Waals surface area contributed by atoms with Crippen molar-refractivity contribution >= 4 is 5.78 Å². The predicted octanol–water partition coefficient (Wildman–Crippen LogP) is 5.26. The SMILES string of the molecule is CC1(C)CC(=O)C2=C(Cc3[nH]nc(C(C)(C)C)c3C2(C)c2ccccc2)C1. The van der Waals surface area contributed by atoms with Crippen LogP contribution in [0, 0.1) is 5.41 Å². The topological polar surface area (TPSA) is 45.8 Å². The van der Waals surface area contributed by atoms with Crippen LogP contribution in [0.4, 0.5) is 0 Å². The monoisotopic (exact) mass is 362 g/mol. The molecule has 2 aromatic rings. The number of Topliss-reactive ketones (excluding diaryl/α,β-unsaturated/α-hetero) is 1. The predicted molar refractivity (Wildman–Crippen MR) is 109 cm³/mol. The smallest absolute Gasteiger partial charge is 0.160 e. The molecule has 0 spiro atoms. The number of hydrogen-bond donors (Lipinski definition) is 1. The Kier molecular flexibility index (Phi) is 3.82. The molecule has 1 heterocycles. The highest BCUT2D eigenvalue weighted by molar-refractivity contribution is 6.01. The van der Waals surface area contributed by atoms with Gasteiger partial charge in [0.1, 0.15) is 0 Å². The van der Waals surface area contributed by atoms with Crippen LogP contribution < -0.4 is 0 Å². The molecule has 1 aromatic heterocycles. The second kappa shape index (κ2) is 5.67. The number of aromatic nitrogens is 2. The number of rotatable bonds is 1. The first-order valence-corrected chi connectivity index (χ1v) is 9.93. The minimum atomic E-state index is -0.451. The molecule has 0 bridgehead atoms. The number of H-pyrrole nitrogens is 1. The number of nitrogens with one attached hydrogen (secondary N) is 1. The highest BCUT2D eigenvalue weighted by Gasteiger charge is 2.50. The molecule has 0 fully saturated rings. The summed E-state index contributed by atoms with van der Waals surface area (Å²) >= 11 is 0. The third kappa shape index (κ3) is 2.70. The Morgan fingerprint density at radius 3 is 2.33 bits per heavy atom. The van der Waals surface area contributed by atoms with E-state index >= 15 is 0 Å². The van der Waals surface area contributed by atoms with E-state index < -0.39 is 5.41 Å². The van der Waals surface area contributed by atoms with Crippen molar-refractivity contribution in [2.45, 2.75) is 71.6 Å². The fourth-order valence-corrected chi connectivity index (χ4v) is 5.22. The van der Waals surface area contributed by atoms with Crippen LogP contribution >= 0.6 is 0 Å². The van der Waals surface area contributed by atoms with Gasteiger partial charge in [0.15, 0.2) is 5.78 Å². The van der Waals surface area contributed by atoms with Gasteiger partial charge in [-0.3, -0.25) is 9.89 Å². The number of fused-ring (bicyclic) bond motifs is 1. The lowest BCUT2D eigenvalue weighted by Gasteiger charge is -2.44. The first-order chi connectivity index (χ1) is 12.5. The minimum Gasteiger partial charge on any atom is -0.294 e. The summed E-state index contributed by atoms with van der Waals surface area (Å²) < 4.78 is 0. The zero-order valence-corrected chi connectivity index (χ0v) is 17.4. The number of allylic oxidation sites excluding steroid dienone is 2. The maximum atomic E-state index is 13.4. The lowest BCUT2D eigenvalue weighted by atomic mass is 9.57. The number of carbonyl (C=O) groups is 1. The van der Waals surface area contributed by atoms with E-state index in [1.807, 2.05) is 6.07 Å². The Morgan fingerprint density at radius 2 is 1.70 bits per heavy atom. The number of nitrogens with zero attached hydrogens (tertiary/aromatic N) is 1. The Hall–Kier alpha value is -2.16. The van der Waals surface area contributed by atoms with Crippen LogP contribution in [0.5, 0.6) is 0 Å². The van der Waals surface area contributed by atoms with Crippen molar-refractivity contribution in [3.05, 3.63) is 64.0 Å². The quantitative estimate of drug-likeness (QED) is 0.752. The van der Waals surface area contributed by atoms with Crippen LogP contribution in [0.2, 0.25) is 0 Å². The maximum absolute atomic E-state index is 13.4. The van der Waals surface area contributed by atoms with Gasteiger partial charge in [-0.1, -0.05) is 70.5 Å². The van der Waals surface area contributed by atoms with E-state index in [-0.39, 0.29) is 10.8 Å². The molecule has 3 heteroatoms. The standard InChI is InChI=1S/C24H30N2O/c1-22(2,3)21-20-17(25-26-21)12-15-13-23(4,5)14-18(27)19(15)24(20,6)16-10-8-7-9-11-16/h7-11H,12-14H2,1-6H3,(H,25,26). The summed E-state index contributed by atoms with van der Waals surface area (Å²) in [7, 11) is 0. The van der Waals surface area contributed by atoms with E-state index in [9.17, 15) is 4.79 Å². The third-order valence-corrected chi connectivity index (χ3v) is 6.26. The Labute approximate surface area is 162 Å². The summed E-state index contributed by atoms with van der Waals surface area (Å²) in [6.45, 7) is 13.2. The van der Waals surface area contributed by atoms with E-state index in [0.717, 1.165) is 24.1 Å². The molecule has 1 aromatic carbocycles. The van der Waals surface area contributed by atoms with E-state index in [1.165, 1.54) is 22.4 Å². The van der Waals surface area contributed by atoms with Gasteiger partial charge in [-0.2, -0.15) is 5.10 Å². The van der Waals surface area contributed by atoms with Gasteiger partial charge >= 0.3 is 0 Å². The van der Waals surface area contributed by atoms with Gasteiger partial charge < -0.3 is 0 Å². The largest absolute Gasteiger partial charge is 0.294 e.